The van der Waals surface area contributed by atoms with Crippen molar-refractivity contribution in [3.63, 3.8) is 0 Å². The Morgan fingerprint density at radius 3 is 2.58 bits per heavy atom. The highest BCUT2D eigenvalue weighted by atomic mass is 35.5. The number of hydrogen-bond acceptors (Lipinski definition) is 2. The molecule has 1 atom stereocenters. The van der Waals surface area contributed by atoms with Gasteiger partial charge in [-0.25, -0.2) is 0 Å². The zero-order valence-electron chi connectivity index (χ0n) is 10.9. The van der Waals surface area contributed by atoms with Crippen molar-refractivity contribution in [1.82, 2.24) is 5.32 Å². The first-order valence-corrected chi connectivity index (χ1v) is 6.16. The molecule has 0 heterocycles. The molecule has 19 heavy (non-hydrogen) atoms. The van der Waals surface area contributed by atoms with Gasteiger partial charge in [0.05, 0.1) is 6.42 Å². The predicted molar refractivity (Wildman–Crippen MR) is 81.6 cm³/mol. The van der Waals surface area contributed by atoms with Gasteiger partial charge in [0.1, 0.15) is 0 Å². The lowest BCUT2D eigenvalue weighted by atomic mass is 10.0. The Morgan fingerprint density at radius 2 is 1.89 bits per heavy atom. The average molecular weight is 279 g/mol. The summed E-state index contributed by atoms with van der Waals surface area (Å²) in [4.78, 5) is 11.8. The molecule has 2 aromatic rings. The monoisotopic (exact) mass is 278 g/mol. The molecule has 0 fully saturated rings. The maximum absolute atomic E-state index is 11.8. The van der Waals surface area contributed by atoms with Crippen molar-refractivity contribution in [3.05, 3.63) is 48.0 Å². The van der Waals surface area contributed by atoms with Crippen LogP contribution in [0.25, 0.3) is 10.8 Å². The van der Waals surface area contributed by atoms with Crippen molar-refractivity contribution in [1.29, 1.82) is 0 Å². The smallest absolute Gasteiger partial charge is 0.224 e. The highest BCUT2D eigenvalue weighted by molar-refractivity contribution is 5.86. The minimum absolute atomic E-state index is 0. The van der Waals surface area contributed by atoms with E-state index in [4.69, 9.17) is 5.73 Å². The molecule has 2 aromatic carbocycles. The lowest BCUT2D eigenvalue weighted by Crippen LogP contribution is -2.38. The molecule has 0 radical (unpaired) electrons. The fraction of sp³-hybridized carbons (Fsp3) is 0.267. The molecule has 0 aliphatic heterocycles. The topological polar surface area (TPSA) is 55.1 Å². The molecule has 0 aliphatic rings. The van der Waals surface area contributed by atoms with Gasteiger partial charge in [-0.05, 0) is 23.3 Å². The number of hydrogen-bond donors (Lipinski definition) is 2. The van der Waals surface area contributed by atoms with Crippen LogP contribution in [-0.2, 0) is 11.2 Å². The van der Waals surface area contributed by atoms with Gasteiger partial charge in [-0.1, -0.05) is 42.5 Å². The molecule has 0 bridgehead atoms. The number of halogens is 1. The van der Waals surface area contributed by atoms with Crippen LogP contribution in [0.1, 0.15) is 12.5 Å². The average Bonchev–Trinajstić information content (AvgIpc) is 2.38. The molecule has 0 aliphatic carbocycles. The summed E-state index contributed by atoms with van der Waals surface area (Å²) < 4.78 is 0. The second-order valence-electron chi connectivity index (χ2n) is 4.56. The first-order chi connectivity index (χ1) is 8.69. The second kappa shape index (κ2) is 7.12. The Morgan fingerprint density at radius 1 is 1.21 bits per heavy atom. The van der Waals surface area contributed by atoms with Crippen LogP contribution in [0.3, 0.4) is 0 Å². The molecule has 102 valence electrons. The quantitative estimate of drug-likeness (QED) is 0.901. The third-order valence-corrected chi connectivity index (χ3v) is 2.94. The lowest BCUT2D eigenvalue weighted by Gasteiger charge is -2.11. The first-order valence-electron chi connectivity index (χ1n) is 6.16. The standard InChI is InChI=1S/C15H18N2O.ClH/c1-11(10-16)17-15(18)9-12-6-7-13-4-2-3-5-14(13)8-12;/h2-8,11H,9-10,16H2,1H3,(H,17,18);1H/t11-;/m0./s1. The highest BCUT2D eigenvalue weighted by Gasteiger charge is 2.07. The van der Waals surface area contributed by atoms with E-state index in [1.165, 1.54) is 5.39 Å². The summed E-state index contributed by atoms with van der Waals surface area (Å²) in [6.07, 6.45) is 0.398. The summed E-state index contributed by atoms with van der Waals surface area (Å²) in [7, 11) is 0. The number of fused-ring (bicyclic) bond motifs is 1. The first kappa shape index (κ1) is 15.5. The Labute approximate surface area is 119 Å². The van der Waals surface area contributed by atoms with E-state index in [0.29, 0.717) is 13.0 Å². The number of amides is 1. The van der Waals surface area contributed by atoms with Gasteiger partial charge in [0.15, 0.2) is 0 Å². The van der Waals surface area contributed by atoms with Crippen LogP contribution >= 0.6 is 12.4 Å². The van der Waals surface area contributed by atoms with Crippen LogP contribution in [0.4, 0.5) is 0 Å². The van der Waals surface area contributed by atoms with E-state index in [1.807, 2.05) is 31.2 Å². The molecule has 2 rings (SSSR count). The number of nitrogens with two attached hydrogens (primary N) is 1. The van der Waals surface area contributed by atoms with Crippen molar-refractivity contribution in [3.8, 4) is 0 Å². The summed E-state index contributed by atoms with van der Waals surface area (Å²) in [6.45, 7) is 2.36. The van der Waals surface area contributed by atoms with E-state index in [2.05, 4.69) is 23.5 Å². The van der Waals surface area contributed by atoms with Gasteiger partial charge in [-0.15, -0.1) is 12.4 Å². The normalized spacial score (nSPS) is 11.7. The summed E-state index contributed by atoms with van der Waals surface area (Å²) in [6, 6.07) is 14.3. The molecule has 4 heteroatoms. The second-order valence-corrected chi connectivity index (χ2v) is 4.56. The number of benzene rings is 2. The van der Waals surface area contributed by atoms with E-state index in [-0.39, 0.29) is 24.4 Å². The van der Waals surface area contributed by atoms with E-state index >= 15 is 0 Å². The largest absolute Gasteiger partial charge is 0.352 e. The molecular formula is C15H19ClN2O. The lowest BCUT2D eigenvalue weighted by molar-refractivity contribution is -0.120. The number of nitrogens with one attached hydrogen (secondary N) is 1. The maximum Gasteiger partial charge on any atom is 0.224 e. The summed E-state index contributed by atoms with van der Waals surface area (Å²) in [5.74, 6) is 0.0169. The van der Waals surface area contributed by atoms with Crippen LogP contribution in [0.15, 0.2) is 42.5 Å². The van der Waals surface area contributed by atoms with E-state index < -0.39 is 0 Å². The molecule has 3 nitrogen and oxygen atoms in total. The minimum Gasteiger partial charge on any atom is -0.352 e. The van der Waals surface area contributed by atoms with Gasteiger partial charge < -0.3 is 11.1 Å². The van der Waals surface area contributed by atoms with Gasteiger partial charge in [-0.2, -0.15) is 0 Å². The fourth-order valence-corrected chi connectivity index (χ4v) is 1.92. The van der Waals surface area contributed by atoms with Gasteiger partial charge >= 0.3 is 0 Å². The summed E-state index contributed by atoms with van der Waals surface area (Å²) in [5.41, 5.74) is 6.50. The molecule has 0 saturated heterocycles. The zero-order valence-corrected chi connectivity index (χ0v) is 11.7. The number of carbonyl (C=O) groups is 1. The molecule has 0 unspecified atom stereocenters. The predicted octanol–water partition coefficient (Wildman–Crippen LogP) is 2.27. The molecule has 0 saturated carbocycles. The Bertz CT molecular complexity index is 557. The maximum atomic E-state index is 11.8. The van der Waals surface area contributed by atoms with Gasteiger partial charge in [-0.3, -0.25) is 4.79 Å². The number of carbonyl (C=O) groups excluding carboxylic acids is 1. The van der Waals surface area contributed by atoms with E-state index in [1.54, 1.807) is 0 Å². The van der Waals surface area contributed by atoms with Gasteiger partial charge in [0, 0.05) is 12.6 Å². The van der Waals surface area contributed by atoms with Crippen LogP contribution in [0, 0.1) is 0 Å². The van der Waals surface area contributed by atoms with Gasteiger partial charge in [0.2, 0.25) is 5.91 Å². The summed E-state index contributed by atoms with van der Waals surface area (Å²) >= 11 is 0. The van der Waals surface area contributed by atoms with Crippen molar-refractivity contribution >= 4 is 29.1 Å². The molecule has 3 N–H and O–H groups in total. The third kappa shape index (κ3) is 4.23. The van der Waals surface area contributed by atoms with E-state index in [0.717, 1.165) is 10.9 Å². The fourth-order valence-electron chi connectivity index (χ4n) is 1.92. The highest BCUT2D eigenvalue weighted by Crippen LogP contribution is 2.15. The van der Waals surface area contributed by atoms with Crippen LogP contribution in [-0.4, -0.2) is 18.5 Å². The molecular weight excluding hydrogens is 260 g/mol. The Balaban J connectivity index is 0.00000180. The van der Waals surface area contributed by atoms with Crippen molar-refractivity contribution in [2.75, 3.05) is 6.54 Å². The molecule has 0 aromatic heterocycles. The Hall–Kier alpha value is -1.58. The SMILES string of the molecule is C[C@@H](CN)NC(=O)Cc1ccc2ccccc2c1.Cl. The van der Waals surface area contributed by atoms with Crippen molar-refractivity contribution in [2.45, 2.75) is 19.4 Å². The van der Waals surface area contributed by atoms with Crippen LogP contribution in [0.2, 0.25) is 0 Å². The summed E-state index contributed by atoms with van der Waals surface area (Å²) in [5, 5.41) is 5.22. The zero-order chi connectivity index (χ0) is 13.0. The van der Waals surface area contributed by atoms with Crippen molar-refractivity contribution in [2.24, 2.45) is 5.73 Å². The third-order valence-electron chi connectivity index (χ3n) is 2.94. The number of rotatable bonds is 4. The Kier molecular flexibility index (Phi) is 5.80. The van der Waals surface area contributed by atoms with Crippen LogP contribution < -0.4 is 11.1 Å². The molecule has 0 spiro atoms. The van der Waals surface area contributed by atoms with Crippen LogP contribution in [0.5, 0.6) is 0 Å². The van der Waals surface area contributed by atoms with Gasteiger partial charge in [0.25, 0.3) is 0 Å². The van der Waals surface area contributed by atoms with E-state index in [9.17, 15) is 4.79 Å². The minimum atomic E-state index is 0. The molecule has 1 amide bonds. The van der Waals surface area contributed by atoms with Crippen molar-refractivity contribution < 1.29 is 4.79 Å².